The molecule has 0 aliphatic heterocycles. The summed E-state index contributed by atoms with van der Waals surface area (Å²) < 4.78 is 43.0. The van der Waals surface area contributed by atoms with Crippen LogP contribution in [-0.4, -0.2) is 10.1 Å². The van der Waals surface area contributed by atoms with Crippen molar-refractivity contribution in [2.75, 3.05) is 0 Å². The zero-order chi connectivity index (χ0) is 13.3. The van der Waals surface area contributed by atoms with Gasteiger partial charge in [-0.3, -0.25) is 0 Å². The van der Waals surface area contributed by atoms with Gasteiger partial charge in [-0.2, -0.15) is 13.8 Å². The average molecular weight is 322 g/mol. The van der Waals surface area contributed by atoms with Crippen molar-refractivity contribution in [3.05, 3.63) is 45.8 Å². The summed E-state index contributed by atoms with van der Waals surface area (Å²) in [6.07, 6.45) is -2.88. The van der Waals surface area contributed by atoms with Crippen LogP contribution >= 0.6 is 15.9 Å². The third-order valence-corrected chi connectivity index (χ3v) is 2.71. The van der Waals surface area contributed by atoms with E-state index in [1.54, 1.807) is 0 Å². The summed E-state index contributed by atoms with van der Waals surface area (Å²) in [6.45, 7) is 0. The van der Waals surface area contributed by atoms with Crippen molar-refractivity contribution in [2.45, 2.75) is 12.5 Å². The minimum absolute atomic E-state index is 0.0889. The molecule has 4 nitrogen and oxygen atoms in total. The highest BCUT2D eigenvalue weighted by Gasteiger charge is 2.23. The number of aromatic nitrogens is 2. The van der Waals surface area contributed by atoms with E-state index in [1.807, 2.05) is 0 Å². The summed E-state index contributed by atoms with van der Waals surface area (Å²) in [5.74, 6) is -1.60. The maximum Gasteiger partial charge on any atom is 0.315 e. The van der Waals surface area contributed by atoms with Crippen molar-refractivity contribution < 1.29 is 17.7 Å². The molecule has 2 N–H and O–H groups in total. The smallest absolute Gasteiger partial charge is 0.315 e. The molecule has 0 aliphatic rings. The summed E-state index contributed by atoms with van der Waals surface area (Å²) >= 11 is 3.16. The van der Waals surface area contributed by atoms with E-state index in [0.717, 1.165) is 0 Å². The molecule has 0 bridgehead atoms. The number of hydrogen-bond donors (Lipinski definition) is 1. The SMILES string of the molecule is NC(c1noc(C(F)F)n1)c1cc(Br)ccc1F. The maximum atomic E-state index is 13.5. The Kier molecular flexibility index (Phi) is 3.67. The first-order valence-electron chi connectivity index (χ1n) is 4.81. The molecule has 1 unspecified atom stereocenters. The lowest BCUT2D eigenvalue weighted by Gasteiger charge is -2.08. The van der Waals surface area contributed by atoms with Crippen LogP contribution in [0.5, 0.6) is 0 Å². The molecule has 8 heteroatoms. The van der Waals surface area contributed by atoms with Crippen LogP contribution in [0.25, 0.3) is 0 Å². The summed E-state index contributed by atoms with van der Waals surface area (Å²) in [5, 5.41) is 3.31. The fourth-order valence-electron chi connectivity index (χ4n) is 1.35. The molecule has 0 amide bonds. The number of rotatable bonds is 3. The summed E-state index contributed by atoms with van der Waals surface area (Å²) in [6, 6.07) is 3.05. The van der Waals surface area contributed by atoms with E-state index in [4.69, 9.17) is 5.73 Å². The fraction of sp³-hybridized carbons (Fsp3) is 0.200. The van der Waals surface area contributed by atoms with Crippen molar-refractivity contribution >= 4 is 15.9 Å². The minimum atomic E-state index is -2.88. The van der Waals surface area contributed by atoms with Gasteiger partial charge in [-0.25, -0.2) is 4.39 Å². The van der Waals surface area contributed by atoms with Crippen LogP contribution < -0.4 is 5.73 Å². The summed E-state index contributed by atoms with van der Waals surface area (Å²) in [5.41, 5.74) is 5.80. The van der Waals surface area contributed by atoms with Crippen molar-refractivity contribution in [3.8, 4) is 0 Å². The van der Waals surface area contributed by atoms with Crippen molar-refractivity contribution in [1.82, 2.24) is 10.1 Å². The molecule has 96 valence electrons. The second kappa shape index (κ2) is 5.07. The van der Waals surface area contributed by atoms with E-state index in [2.05, 4.69) is 30.6 Å². The van der Waals surface area contributed by atoms with Gasteiger partial charge in [-0.05, 0) is 18.2 Å². The highest BCUT2D eigenvalue weighted by Crippen LogP contribution is 2.25. The highest BCUT2D eigenvalue weighted by atomic mass is 79.9. The van der Waals surface area contributed by atoms with E-state index >= 15 is 0 Å². The fourth-order valence-corrected chi connectivity index (χ4v) is 1.73. The molecule has 1 heterocycles. The number of nitrogens with zero attached hydrogens (tertiary/aromatic N) is 2. The second-order valence-electron chi connectivity index (χ2n) is 3.44. The van der Waals surface area contributed by atoms with Gasteiger partial charge >= 0.3 is 6.43 Å². The molecule has 0 radical (unpaired) electrons. The molecular weight excluding hydrogens is 315 g/mol. The van der Waals surface area contributed by atoms with Crippen molar-refractivity contribution in [1.29, 1.82) is 0 Å². The number of hydrogen-bond acceptors (Lipinski definition) is 4. The summed E-state index contributed by atoms with van der Waals surface area (Å²) in [4.78, 5) is 3.42. The lowest BCUT2D eigenvalue weighted by Crippen LogP contribution is -2.15. The average Bonchev–Trinajstić information content (AvgIpc) is 2.81. The Labute approximate surface area is 108 Å². The van der Waals surface area contributed by atoms with Gasteiger partial charge in [0.15, 0.2) is 5.82 Å². The van der Waals surface area contributed by atoms with Gasteiger partial charge in [0.05, 0.1) is 6.04 Å². The van der Waals surface area contributed by atoms with Crippen LogP contribution in [0.3, 0.4) is 0 Å². The Hall–Kier alpha value is -1.41. The third kappa shape index (κ3) is 2.54. The largest absolute Gasteiger partial charge is 0.333 e. The second-order valence-corrected chi connectivity index (χ2v) is 4.35. The number of alkyl halides is 2. The van der Waals surface area contributed by atoms with E-state index in [-0.39, 0.29) is 11.4 Å². The standard InChI is InChI=1S/C10H7BrF3N3O/c11-4-1-2-6(12)5(3-4)7(15)9-16-10(8(13)14)18-17-9/h1-3,7-8H,15H2. The number of nitrogens with two attached hydrogens (primary N) is 1. The maximum absolute atomic E-state index is 13.5. The molecule has 0 aliphatic carbocycles. The molecule has 0 fully saturated rings. The quantitative estimate of drug-likeness (QED) is 0.943. The lowest BCUT2D eigenvalue weighted by molar-refractivity contribution is 0.106. The Morgan fingerprint density at radius 2 is 2.06 bits per heavy atom. The van der Waals surface area contributed by atoms with Gasteiger partial charge in [0.2, 0.25) is 0 Å². The van der Waals surface area contributed by atoms with Gasteiger partial charge in [0.25, 0.3) is 5.89 Å². The van der Waals surface area contributed by atoms with E-state index in [1.165, 1.54) is 18.2 Å². The zero-order valence-corrected chi connectivity index (χ0v) is 10.4. The Balaban J connectivity index is 2.34. The Bertz CT molecular complexity index is 561. The normalized spacial score (nSPS) is 13.0. The Morgan fingerprint density at radius 3 is 2.67 bits per heavy atom. The molecule has 0 spiro atoms. The molecule has 2 rings (SSSR count). The molecule has 0 saturated heterocycles. The first-order valence-corrected chi connectivity index (χ1v) is 5.60. The van der Waals surface area contributed by atoms with Crippen LogP contribution in [0.15, 0.2) is 27.2 Å². The zero-order valence-electron chi connectivity index (χ0n) is 8.78. The predicted octanol–water partition coefficient (Wildman–Crippen LogP) is 2.96. The van der Waals surface area contributed by atoms with Gasteiger partial charge in [0.1, 0.15) is 5.82 Å². The predicted molar refractivity (Wildman–Crippen MR) is 59.4 cm³/mol. The number of benzene rings is 1. The third-order valence-electron chi connectivity index (χ3n) is 2.22. The van der Waals surface area contributed by atoms with E-state index in [0.29, 0.717) is 4.47 Å². The van der Waals surface area contributed by atoms with Crippen LogP contribution in [0.1, 0.15) is 29.7 Å². The number of halogens is 4. The molecule has 0 saturated carbocycles. The van der Waals surface area contributed by atoms with Gasteiger partial charge in [-0.1, -0.05) is 21.1 Å². The van der Waals surface area contributed by atoms with Crippen molar-refractivity contribution in [3.63, 3.8) is 0 Å². The first-order chi connectivity index (χ1) is 8.49. The van der Waals surface area contributed by atoms with Crippen LogP contribution in [-0.2, 0) is 0 Å². The van der Waals surface area contributed by atoms with Gasteiger partial charge < -0.3 is 10.3 Å². The van der Waals surface area contributed by atoms with Gasteiger partial charge in [0, 0.05) is 10.0 Å². The topological polar surface area (TPSA) is 64.9 Å². The monoisotopic (exact) mass is 321 g/mol. The highest BCUT2D eigenvalue weighted by molar-refractivity contribution is 9.10. The lowest BCUT2D eigenvalue weighted by atomic mass is 10.1. The Morgan fingerprint density at radius 1 is 1.33 bits per heavy atom. The molecule has 18 heavy (non-hydrogen) atoms. The van der Waals surface area contributed by atoms with Crippen LogP contribution in [0, 0.1) is 5.82 Å². The van der Waals surface area contributed by atoms with E-state index in [9.17, 15) is 13.2 Å². The molecule has 2 aromatic rings. The minimum Gasteiger partial charge on any atom is -0.333 e. The molecule has 1 atom stereocenters. The summed E-state index contributed by atoms with van der Waals surface area (Å²) in [7, 11) is 0. The van der Waals surface area contributed by atoms with E-state index < -0.39 is 24.2 Å². The molecule has 1 aromatic heterocycles. The molecular formula is C10H7BrF3N3O. The van der Waals surface area contributed by atoms with Crippen LogP contribution in [0.2, 0.25) is 0 Å². The van der Waals surface area contributed by atoms with Crippen molar-refractivity contribution in [2.24, 2.45) is 5.73 Å². The van der Waals surface area contributed by atoms with Crippen LogP contribution in [0.4, 0.5) is 13.2 Å². The van der Waals surface area contributed by atoms with Gasteiger partial charge in [-0.15, -0.1) is 0 Å². The molecule has 1 aromatic carbocycles. The first kappa shape index (κ1) is 13.0.